The molecule has 0 aliphatic heterocycles. The summed E-state index contributed by atoms with van der Waals surface area (Å²) in [6.07, 6.45) is 0.657. The van der Waals surface area contributed by atoms with Gasteiger partial charge in [0, 0.05) is 7.05 Å². The van der Waals surface area contributed by atoms with Gasteiger partial charge in [0.25, 0.3) is 6.01 Å². The van der Waals surface area contributed by atoms with Crippen LogP contribution in [0.15, 0.2) is 30.3 Å². The predicted octanol–water partition coefficient (Wildman–Crippen LogP) is 2.47. The molecule has 0 fully saturated rings. The number of rotatable bonds is 4. The van der Waals surface area contributed by atoms with Gasteiger partial charge in [-0.3, -0.25) is 9.36 Å². The van der Waals surface area contributed by atoms with Crippen LogP contribution in [0, 0.1) is 0 Å². The fraction of sp³-hybridized carbons (Fsp3) is 0.167. The molecule has 5 heteroatoms. The first kappa shape index (κ1) is 11.7. The predicted molar refractivity (Wildman–Crippen MR) is 64.4 cm³/mol. The minimum atomic E-state index is 0.158. The molecule has 1 aromatic heterocycles. The van der Waals surface area contributed by atoms with E-state index in [9.17, 15) is 4.79 Å². The van der Waals surface area contributed by atoms with Gasteiger partial charge < -0.3 is 4.74 Å². The minimum absolute atomic E-state index is 0.158. The molecule has 0 amide bonds. The highest BCUT2D eigenvalue weighted by Gasteiger charge is 2.13. The third-order valence-electron chi connectivity index (χ3n) is 2.38. The Morgan fingerprint density at radius 1 is 1.41 bits per heavy atom. The molecule has 2 aromatic rings. The lowest BCUT2D eigenvalue weighted by Crippen LogP contribution is -2.02. The number of hydrogen-bond donors (Lipinski definition) is 0. The van der Waals surface area contributed by atoms with Gasteiger partial charge in [0.1, 0.15) is 12.3 Å². The van der Waals surface area contributed by atoms with Crippen LogP contribution in [0.25, 0.3) is 0 Å². The number of carbonyl (C=O) groups is 1. The Morgan fingerprint density at radius 3 is 2.71 bits per heavy atom. The molecule has 0 spiro atoms. The van der Waals surface area contributed by atoms with E-state index < -0.39 is 0 Å². The highest BCUT2D eigenvalue weighted by atomic mass is 35.5. The molecular weight excluding hydrogens is 240 g/mol. The Balaban J connectivity index is 2.12. The molecule has 0 saturated heterocycles. The molecule has 0 aliphatic rings. The van der Waals surface area contributed by atoms with Crippen molar-refractivity contribution in [1.29, 1.82) is 0 Å². The van der Waals surface area contributed by atoms with Crippen molar-refractivity contribution in [3.63, 3.8) is 0 Å². The summed E-state index contributed by atoms with van der Waals surface area (Å²) >= 11 is 5.79. The fourth-order valence-corrected chi connectivity index (χ4v) is 1.68. The number of carbonyl (C=O) groups excluding carboxylic acids is 1. The van der Waals surface area contributed by atoms with E-state index in [0.717, 1.165) is 5.56 Å². The van der Waals surface area contributed by atoms with Gasteiger partial charge in [-0.25, -0.2) is 0 Å². The summed E-state index contributed by atoms with van der Waals surface area (Å²) < 4.78 is 7.02. The Morgan fingerprint density at radius 2 is 2.12 bits per heavy atom. The maximum Gasteiger partial charge on any atom is 0.298 e. The van der Waals surface area contributed by atoms with Gasteiger partial charge in [0.2, 0.25) is 0 Å². The molecule has 2 rings (SSSR count). The summed E-state index contributed by atoms with van der Waals surface area (Å²) in [5.41, 5.74) is 1.34. The van der Waals surface area contributed by atoms with Crippen molar-refractivity contribution >= 4 is 17.9 Å². The summed E-state index contributed by atoms with van der Waals surface area (Å²) in [5.74, 6) is 0. The monoisotopic (exact) mass is 250 g/mol. The number of aromatic nitrogens is 2. The number of hydrogen-bond acceptors (Lipinski definition) is 3. The average Bonchev–Trinajstić information content (AvgIpc) is 2.63. The maximum absolute atomic E-state index is 10.7. The van der Waals surface area contributed by atoms with Crippen LogP contribution < -0.4 is 4.74 Å². The quantitative estimate of drug-likeness (QED) is 0.783. The zero-order chi connectivity index (χ0) is 12.3. The lowest BCUT2D eigenvalue weighted by molar-refractivity contribution is 0.111. The van der Waals surface area contributed by atoms with Crippen LogP contribution >= 0.6 is 11.6 Å². The molecule has 0 bridgehead atoms. The average molecular weight is 251 g/mol. The van der Waals surface area contributed by atoms with Crippen molar-refractivity contribution < 1.29 is 9.53 Å². The number of imidazole rings is 1. The molecular formula is C12H11ClN2O2. The van der Waals surface area contributed by atoms with Crippen molar-refractivity contribution in [1.82, 2.24) is 9.55 Å². The van der Waals surface area contributed by atoms with E-state index in [4.69, 9.17) is 16.3 Å². The van der Waals surface area contributed by atoms with Crippen molar-refractivity contribution in [2.75, 3.05) is 0 Å². The van der Waals surface area contributed by atoms with E-state index >= 15 is 0 Å². The lowest BCUT2D eigenvalue weighted by Gasteiger charge is -2.05. The summed E-state index contributed by atoms with van der Waals surface area (Å²) in [4.78, 5) is 14.7. The number of ether oxygens (including phenoxy) is 1. The van der Waals surface area contributed by atoms with E-state index in [2.05, 4.69) is 4.98 Å². The molecule has 1 heterocycles. The van der Waals surface area contributed by atoms with Gasteiger partial charge >= 0.3 is 0 Å². The normalized spacial score (nSPS) is 10.2. The first-order valence-electron chi connectivity index (χ1n) is 5.06. The molecule has 0 radical (unpaired) electrons. The standard InChI is InChI=1S/C12H11ClN2O2/c1-15-10(7-16)11(13)14-12(15)17-8-9-5-3-2-4-6-9/h2-7H,8H2,1H3. The first-order valence-corrected chi connectivity index (χ1v) is 5.44. The van der Waals surface area contributed by atoms with Crippen molar-refractivity contribution in [2.24, 2.45) is 7.05 Å². The highest BCUT2D eigenvalue weighted by Crippen LogP contribution is 2.20. The van der Waals surface area contributed by atoms with Crippen molar-refractivity contribution in [3.05, 3.63) is 46.7 Å². The van der Waals surface area contributed by atoms with Crippen molar-refractivity contribution in [3.8, 4) is 6.01 Å². The molecule has 0 atom stereocenters. The van der Waals surface area contributed by atoms with E-state index in [-0.39, 0.29) is 5.15 Å². The van der Waals surface area contributed by atoms with E-state index in [1.807, 2.05) is 30.3 Å². The van der Waals surface area contributed by atoms with Gasteiger partial charge in [0.05, 0.1) is 0 Å². The zero-order valence-electron chi connectivity index (χ0n) is 9.26. The minimum Gasteiger partial charge on any atom is -0.460 e. The van der Waals surface area contributed by atoms with Gasteiger partial charge in [-0.05, 0) is 5.56 Å². The Hall–Kier alpha value is -1.81. The van der Waals surface area contributed by atoms with Gasteiger partial charge in [-0.1, -0.05) is 41.9 Å². The molecule has 0 saturated carbocycles. The molecule has 4 nitrogen and oxygen atoms in total. The van der Waals surface area contributed by atoms with E-state index in [1.54, 1.807) is 7.05 Å². The third-order valence-corrected chi connectivity index (χ3v) is 2.65. The van der Waals surface area contributed by atoms with Crippen LogP contribution in [0.2, 0.25) is 5.15 Å². The molecule has 1 aromatic carbocycles. The molecule has 0 unspecified atom stereocenters. The second-order valence-corrected chi connectivity index (χ2v) is 3.88. The fourth-order valence-electron chi connectivity index (χ4n) is 1.44. The summed E-state index contributed by atoms with van der Waals surface area (Å²) in [6, 6.07) is 10.0. The van der Waals surface area contributed by atoms with Crippen LogP contribution in [0.5, 0.6) is 6.01 Å². The van der Waals surface area contributed by atoms with E-state index in [1.165, 1.54) is 4.57 Å². The summed E-state index contributed by atoms with van der Waals surface area (Å²) in [7, 11) is 1.68. The highest BCUT2D eigenvalue weighted by molar-refractivity contribution is 6.31. The number of benzene rings is 1. The smallest absolute Gasteiger partial charge is 0.298 e. The lowest BCUT2D eigenvalue weighted by atomic mass is 10.2. The summed E-state index contributed by atoms with van der Waals surface area (Å²) in [6.45, 7) is 0.389. The Bertz CT molecular complexity index is 523. The Labute approximate surface area is 104 Å². The SMILES string of the molecule is Cn1c(OCc2ccccc2)nc(Cl)c1C=O. The van der Waals surface area contributed by atoms with Crippen LogP contribution in [-0.4, -0.2) is 15.8 Å². The number of nitrogens with zero attached hydrogens (tertiary/aromatic N) is 2. The number of halogens is 1. The Kier molecular flexibility index (Phi) is 3.44. The van der Waals surface area contributed by atoms with Gasteiger partial charge in [-0.15, -0.1) is 0 Å². The second-order valence-electron chi connectivity index (χ2n) is 3.52. The van der Waals surface area contributed by atoms with Crippen LogP contribution in [0.4, 0.5) is 0 Å². The van der Waals surface area contributed by atoms with Crippen LogP contribution in [-0.2, 0) is 13.7 Å². The molecule has 17 heavy (non-hydrogen) atoms. The molecule has 88 valence electrons. The molecule has 0 aliphatic carbocycles. The summed E-state index contributed by atoms with van der Waals surface area (Å²) in [5, 5.41) is 0.158. The second kappa shape index (κ2) is 5.01. The van der Waals surface area contributed by atoms with Crippen molar-refractivity contribution in [2.45, 2.75) is 6.61 Å². The van der Waals surface area contributed by atoms with Crippen LogP contribution in [0.1, 0.15) is 16.1 Å². The molecule has 0 N–H and O–H groups in total. The van der Waals surface area contributed by atoms with Gasteiger partial charge in [0.15, 0.2) is 11.4 Å². The van der Waals surface area contributed by atoms with Crippen LogP contribution in [0.3, 0.4) is 0 Å². The third kappa shape index (κ3) is 2.47. The first-order chi connectivity index (χ1) is 8.22. The zero-order valence-corrected chi connectivity index (χ0v) is 10.0. The van der Waals surface area contributed by atoms with E-state index in [0.29, 0.717) is 24.6 Å². The number of aldehydes is 1. The maximum atomic E-state index is 10.7. The topological polar surface area (TPSA) is 44.1 Å². The largest absolute Gasteiger partial charge is 0.460 e. The van der Waals surface area contributed by atoms with Gasteiger partial charge in [-0.2, -0.15) is 4.98 Å².